The molecule has 2 bridgehead atoms. The summed E-state index contributed by atoms with van der Waals surface area (Å²) in [5, 5.41) is 14.0. The predicted molar refractivity (Wildman–Crippen MR) is 276 cm³/mol. The van der Waals surface area contributed by atoms with Gasteiger partial charge in [-0.3, -0.25) is 24.5 Å². The van der Waals surface area contributed by atoms with Gasteiger partial charge in [0.25, 0.3) is 23.7 Å². The first-order valence-electron chi connectivity index (χ1n) is 24.0. The number of likely N-dealkylation sites (N-methyl/N-ethyl adjacent to an activating group) is 1. The van der Waals surface area contributed by atoms with E-state index < -0.39 is 29.6 Å². The lowest BCUT2D eigenvalue weighted by Gasteiger charge is -2.50. The first-order chi connectivity index (χ1) is 35.0. The quantitative estimate of drug-likeness (QED) is 0.0241. The number of benzene rings is 3. The minimum Gasteiger partial charge on any atom is -0.543 e. The summed E-state index contributed by atoms with van der Waals surface area (Å²) in [5.74, 6) is 1.22. The molecular formula is C51H61BN7O12S2+. The van der Waals surface area contributed by atoms with E-state index in [9.17, 15) is 24.0 Å². The van der Waals surface area contributed by atoms with Gasteiger partial charge in [-0.2, -0.15) is 0 Å². The molecule has 0 unspecified atom stereocenters. The van der Waals surface area contributed by atoms with E-state index >= 15 is 0 Å². The van der Waals surface area contributed by atoms with Gasteiger partial charge in [0.2, 0.25) is 0 Å². The normalized spacial score (nSPS) is 22.1. The van der Waals surface area contributed by atoms with Crippen molar-refractivity contribution in [2.24, 2.45) is 5.16 Å². The number of para-hydroxylation sites is 1. The highest BCUT2D eigenvalue weighted by Crippen LogP contribution is 2.44. The lowest BCUT2D eigenvalue weighted by atomic mass is 9.93. The number of carbonyl (C=O) groups excluding carboxylic acids is 5. The van der Waals surface area contributed by atoms with Crippen molar-refractivity contribution >= 4 is 71.8 Å². The number of hydrogen-bond acceptors (Lipinski definition) is 16. The molecular weight excluding hydrogens is 978 g/mol. The molecule has 0 saturated carbocycles. The molecule has 3 saturated heterocycles. The molecule has 4 aliphatic heterocycles. The van der Waals surface area contributed by atoms with Crippen LogP contribution in [0.25, 0.3) is 0 Å². The number of fused-ring (bicyclic) bond motifs is 3. The molecule has 0 aliphatic carbocycles. The van der Waals surface area contributed by atoms with Crippen LogP contribution in [0.2, 0.25) is 0 Å². The molecule has 4 aliphatic rings. The largest absolute Gasteiger partial charge is 0.543 e. The number of anilines is 1. The van der Waals surface area contributed by atoms with Gasteiger partial charge in [0, 0.05) is 54.6 Å². The van der Waals surface area contributed by atoms with Crippen molar-refractivity contribution in [1.82, 2.24) is 20.5 Å². The minimum atomic E-state index is -0.844. The number of thioether (sulfide) groups is 1. The molecule has 0 spiro atoms. The maximum absolute atomic E-state index is 14.3. The molecule has 386 valence electrons. The fourth-order valence-corrected chi connectivity index (χ4v) is 11.5. The number of quaternary nitrogens is 1. The third kappa shape index (κ3) is 12.7. The number of thiazole rings is 1. The molecule has 5 heterocycles. The third-order valence-electron chi connectivity index (χ3n) is 13.3. The SMILES string of the molecule is BOC(=O)CCO/N=C(\C(=O)N[C@@H]1C(=O)N2C=C(C[N@+]3(C)[C@@H]4CC[C@H]3C[C@@H](NC(=O)c3cccc(OCc5ccc(OC)cc5)c3OCc3ccc(OC)cc3)C4)CS[C@H]12)c1csc(NC(=O)OC(C)(C)C)n1. The number of amides is 4. The van der Waals surface area contributed by atoms with Crippen LogP contribution in [0.3, 0.4) is 0 Å². The van der Waals surface area contributed by atoms with Crippen LogP contribution in [0.1, 0.15) is 80.1 Å². The smallest absolute Gasteiger partial charge is 0.413 e. The summed E-state index contributed by atoms with van der Waals surface area (Å²) in [6.45, 7) is 6.23. The Morgan fingerprint density at radius 2 is 1.56 bits per heavy atom. The average Bonchev–Trinajstić information content (AvgIpc) is 3.87. The number of methoxy groups -OCH3 is 2. The second-order valence-electron chi connectivity index (χ2n) is 19.4. The molecule has 0 radical (unpaired) electrons. The van der Waals surface area contributed by atoms with E-state index in [0.717, 1.165) is 76.2 Å². The van der Waals surface area contributed by atoms with Crippen LogP contribution in [0, 0.1) is 0 Å². The Balaban J connectivity index is 0.895. The standard InChI is InChI=1S/C51H60BN7O12S2/c1-51(2,3)70-50(64)56-49-54-39(29-73-49)42(57-69-21-20-41(60)71-52)46(62)55-43-47(63)58-24-32(28-72-48(43)58)25-59(4)34-14-15-35(59)23-33(22-34)53-45(61)38-8-7-9-40(67-26-30-10-16-36(65-5)17-11-30)44(38)68-27-31-12-18-37(66-6)19-13-31/h7-13,16-19,24,29,33-35,43,48H,14-15,20-23,25-28,52H2,1-6H3,(H2-,53,54,55,56,61,62,64)/p+1/b57-42-/t33-,34+,35-,43-,48-,59+/m1/s1. The number of oxime groups is 1. The molecule has 1 aromatic heterocycles. The Labute approximate surface area is 433 Å². The molecule has 3 N–H and O–H groups in total. The van der Waals surface area contributed by atoms with Crippen LogP contribution >= 0.6 is 23.1 Å². The molecule has 73 heavy (non-hydrogen) atoms. The van der Waals surface area contributed by atoms with Gasteiger partial charge >= 0.3 is 14.1 Å². The van der Waals surface area contributed by atoms with Crippen molar-refractivity contribution in [2.45, 2.75) is 101 Å². The highest BCUT2D eigenvalue weighted by molar-refractivity contribution is 8.00. The molecule has 22 heteroatoms. The zero-order valence-corrected chi connectivity index (χ0v) is 43.6. The summed E-state index contributed by atoms with van der Waals surface area (Å²) >= 11 is 2.62. The number of aromatic nitrogens is 1. The van der Waals surface area contributed by atoms with Crippen LogP contribution in [-0.4, -0.2) is 133 Å². The van der Waals surface area contributed by atoms with Crippen molar-refractivity contribution in [2.75, 3.05) is 45.5 Å². The average molecular weight is 1040 g/mol. The maximum atomic E-state index is 14.3. The van der Waals surface area contributed by atoms with Crippen molar-refractivity contribution < 1.29 is 61.6 Å². The first kappa shape index (κ1) is 52.5. The van der Waals surface area contributed by atoms with Crippen LogP contribution in [0.4, 0.5) is 9.93 Å². The number of piperidine rings is 1. The van der Waals surface area contributed by atoms with Gasteiger partial charge in [-0.15, -0.1) is 23.1 Å². The third-order valence-corrected chi connectivity index (χ3v) is 15.4. The molecule has 6 atom stereocenters. The lowest BCUT2D eigenvalue weighted by Crippen LogP contribution is -2.69. The lowest BCUT2D eigenvalue weighted by molar-refractivity contribution is -0.944. The van der Waals surface area contributed by atoms with Gasteiger partial charge in [-0.1, -0.05) is 35.5 Å². The summed E-state index contributed by atoms with van der Waals surface area (Å²) in [6.07, 6.45) is 4.72. The summed E-state index contributed by atoms with van der Waals surface area (Å²) in [6, 6.07) is 20.3. The van der Waals surface area contributed by atoms with Gasteiger partial charge in [-0.05, 0) is 68.3 Å². The van der Waals surface area contributed by atoms with E-state index in [1.807, 2.05) is 66.9 Å². The van der Waals surface area contributed by atoms with E-state index in [-0.39, 0.29) is 78.1 Å². The van der Waals surface area contributed by atoms with E-state index in [0.29, 0.717) is 22.8 Å². The van der Waals surface area contributed by atoms with Crippen molar-refractivity contribution in [3.05, 3.63) is 106 Å². The number of nitrogens with zero attached hydrogens (tertiary/aromatic N) is 4. The Morgan fingerprint density at radius 1 is 0.904 bits per heavy atom. The number of nitrogens with one attached hydrogen (secondary N) is 3. The maximum Gasteiger partial charge on any atom is 0.413 e. The van der Waals surface area contributed by atoms with Gasteiger partial charge < -0.3 is 53.2 Å². The summed E-state index contributed by atoms with van der Waals surface area (Å²) < 4.78 is 34.2. The first-order valence-corrected chi connectivity index (χ1v) is 25.9. The monoisotopic (exact) mass is 1040 g/mol. The van der Waals surface area contributed by atoms with E-state index in [1.165, 1.54) is 13.4 Å². The molecule has 3 aromatic carbocycles. The van der Waals surface area contributed by atoms with E-state index in [1.54, 1.807) is 57.7 Å². The van der Waals surface area contributed by atoms with Crippen molar-refractivity contribution in [1.29, 1.82) is 0 Å². The molecule has 19 nitrogen and oxygen atoms in total. The predicted octanol–water partition coefficient (Wildman–Crippen LogP) is 5.72. The Hall–Kier alpha value is -6.78. The number of rotatable bonds is 20. The zero-order valence-electron chi connectivity index (χ0n) is 42.0. The Morgan fingerprint density at radius 3 is 2.19 bits per heavy atom. The highest BCUT2D eigenvalue weighted by Gasteiger charge is 2.54. The van der Waals surface area contributed by atoms with Gasteiger partial charge in [0.05, 0.1) is 45.3 Å². The van der Waals surface area contributed by atoms with Crippen LogP contribution < -0.4 is 34.9 Å². The van der Waals surface area contributed by atoms with Crippen molar-refractivity contribution in [3.8, 4) is 23.0 Å². The van der Waals surface area contributed by atoms with Crippen LogP contribution in [0.15, 0.2) is 89.0 Å². The van der Waals surface area contributed by atoms with E-state index in [4.69, 9.17) is 28.5 Å². The summed E-state index contributed by atoms with van der Waals surface area (Å²) in [4.78, 5) is 77.3. The van der Waals surface area contributed by atoms with Gasteiger partial charge in [0.1, 0.15) is 60.6 Å². The van der Waals surface area contributed by atoms with Crippen molar-refractivity contribution in [3.63, 3.8) is 0 Å². The van der Waals surface area contributed by atoms with Crippen LogP contribution in [-0.2, 0) is 41.8 Å². The number of hydrogen-bond donors (Lipinski definition) is 3. The minimum absolute atomic E-state index is 0.0567. The topological polar surface area (TPSA) is 215 Å². The summed E-state index contributed by atoms with van der Waals surface area (Å²) in [7, 11) is 6.78. The highest BCUT2D eigenvalue weighted by atomic mass is 32.2. The fourth-order valence-electron chi connectivity index (χ4n) is 9.57. The summed E-state index contributed by atoms with van der Waals surface area (Å²) in [5.41, 5.74) is 2.45. The number of β-lactam (4-membered cyclic amide) rings is 1. The molecule has 4 aromatic rings. The van der Waals surface area contributed by atoms with Crippen LogP contribution in [0.5, 0.6) is 23.0 Å². The van der Waals surface area contributed by atoms with E-state index in [2.05, 4.69) is 37.8 Å². The molecule has 8 rings (SSSR count). The number of carbonyl (C=O) groups is 5. The van der Waals surface area contributed by atoms with Gasteiger partial charge in [0.15, 0.2) is 22.3 Å². The fraction of sp³-hybridized carbons (Fsp3) is 0.431. The Bertz CT molecular complexity index is 2720. The second kappa shape index (κ2) is 23.0. The van der Waals surface area contributed by atoms with Gasteiger partial charge in [-0.25, -0.2) is 9.78 Å². The zero-order chi connectivity index (χ0) is 51.9. The second-order valence-corrected chi connectivity index (χ2v) is 21.4. The molecule has 3 fully saturated rings. The molecule has 4 amide bonds. The number of ether oxygens (including phenoxy) is 5. The Kier molecular flexibility index (Phi) is 16.5.